The van der Waals surface area contributed by atoms with Gasteiger partial charge in [-0.05, 0) is 17.8 Å². The molecule has 2 N–H and O–H groups in total. The molecule has 1 rings (SSSR count). The van der Waals surface area contributed by atoms with Crippen LogP contribution in [0.5, 0.6) is 0 Å². The van der Waals surface area contributed by atoms with Gasteiger partial charge < -0.3 is 10.4 Å². The summed E-state index contributed by atoms with van der Waals surface area (Å²) in [6, 6.07) is 0.669. The topological polar surface area (TPSA) is 32.3 Å². The van der Waals surface area contributed by atoms with E-state index in [1.807, 2.05) is 0 Å². The largest absolute Gasteiger partial charge is 0.395 e. The molecule has 0 spiro atoms. The molecule has 0 aromatic carbocycles. The Morgan fingerprint density at radius 1 is 1.45 bits per heavy atom. The molecule has 1 aliphatic carbocycles. The average molecular weight is 157 g/mol. The normalized spacial score (nSPS) is 30.5. The maximum atomic E-state index is 8.57. The highest BCUT2D eigenvalue weighted by Gasteiger charge is 2.44. The highest BCUT2D eigenvalue weighted by molar-refractivity contribution is 4.99. The number of nitrogens with one attached hydrogen (secondary N) is 1. The van der Waals surface area contributed by atoms with E-state index in [1.54, 1.807) is 0 Å². The molecule has 0 bridgehead atoms. The standard InChI is InChI=1S/C9H19NO/c1-9(2,3)7-6-8(7)10-4-5-11/h7-8,10-11H,4-6H2,1-3H3. The molecular weight excluding hydrogens is 138 g/mol. The van der Waals surface area contributed by atoms with E-state index in [4.69, 9.17) is 5.11 Å². The van der Waals surface area contributed by atoms with E-state index < -0.39 is 0 Å². The molecule has 0 aromatic rings. The van der Waals surface area contributed by atoms with Gasteiger partial charge in [-0.25, -0.2) is 0 Å². The van der Waals surface area contributed by atoms with E-state index >= 15 is 0 Å². The van der Waals surface area contributed by atoms with Crippen LogP contribution in [0.15, 0.2) is 0 Å². The third-order valence-corrected chi connectivity index (χ3v) is 2.42. The van der Waals surface area contributed by atoms with Crippen LogP contribution in [0, 0.1) is 11.3 Å². The predicted molar refractivity (Wildman–Crippen MR) is 46.4 cm³/mol. The SMILES string of the molecule is CC(C)(C)C1CC1NCCO. The Kier molecular flexibility index (Phi) is 2.55. The first-order valence-electron chi connectivity index (χ1n) is 4.40. The smallest absolute Gasteiger partial charge is 0.0556 e. The molecule has 2 heteroatoms. The Bertz CT molecular complexity index is 128. The van der Waals surface area contributed by atoms with E-state index in [-0.39, 0.29) is 6.61 Å². The fourth-order valence-corrected chi connectivity index (χ4v) is 1.63. The fourth-order valence-electron chi connectivity index (χ4n) is 1.63. The Balaban J connectivity index is 2.16. The van der Waals surface area contributed by atoms with Crippen molar-refractivity contribution in [2.24, 2.45) is 11.3 Å². The molecule has 0 radical (unpaired) electrons. The van der Waals surface area contributed by atoms with E-state index in [1.165, 1.54) is 6.42 Å². The lowest BCUT2D eigenvalue weighted by atomic mass is 9.90. The molecule has 0 amide bonds. The van der Waals surface area contributed by atoms with Crippen LogP contribution in [0.4, 0.5) is 0 Å². The first-order valence-corrected chi connectivity index (χ1v) is 4.40. The summed E-state index contributed by atoms with van der Waals surface area (Å²) in [5.41, 5.74) is 0.438. The van der Waals surface area contributed by atoms with E-state index in [0.717, 1.165) is 12.5 Å². The zero-order valence-electron chi connectivity index (χ0n) is 7.72. The molecule has 0 aliphatic heterocycles. The van der Waals surface area contributed by atoms with Crippen molar-refractivity contribution < 1.29 is 5.11 Å². The zero-order valence-corrected chi connectivity index (χ0v) is 7.72. The lowest BCUT2D eigenvalue weighted by Crippen LogP contribution is -2.25. The van der Waals surface area contributed by atoms with Gasteiger partial charge >= 0.3 is 0 Å². The van der Waals surface area contributed by atoms with Gasteiger partial charge in [0, 0.05) is 12.6 Å². The van der Waals surface area contributed by atoms with E-state index in [2.05, 4.69) is 26.1 Å². The van der Waals surface area contributed by atoms with Gasteiger partial charge in [-0.1, -0.05) is 20.8 Å². The summed E-state index contributed by atoms with van der Waals surface area (Å²) < 4.78 is 0. The number of aliphatic hydroxyl groups excluding tert-OH is 1. The van der Waals surface area contributed by atoms with Crippen molar-refractivity contribution in [1.82, 2.24) is 5.32 Å². The van der Waals surface area contributed by atoms with E-state index in [9.17, 15) is 0 Å². The maximum absolute atomic E-state index is 8.57. The lowest BCUT2D eigenvalue weighted by molar-refractivity contribution is 0.282. The summed E-state index contributed by atoms with van der Waals surface area (Å²) in [6.45, 7) is 7.83. The van der Waals surface area contributed by atoms with Crippen molar-refractivity contribution in [2.75, 3.05) is 13.2 Å². The third-order valence-electron chi connectivity index (χ3n) is 2.42. The van der Waals surface area contributed by atoms with Crippen LogP contribution in [0.3, 0.4) is 0 Å². The lowest BCUT2D eigenvalue weighted by Gasteiger charge is -2.18. The molecule has 1 fully saturated rings. The van der Waals surface area contributed by atoms with Gasteiger partial charge in [-0.3, -0.25) is 0 Å². The van der Waals surface area contributed by atoms with Crippen LogP contribution in [0.2, 0.25) is 0 Å². The molecule has 66 valence electrons. The number of rotatable bonds is 3. The van der Waals surface area contributed by atoms with Gasteiger partial charge in [-0.15, -0.1) is 0 Å². The molecule has 2 atom stereocenters. The highest BCUT2D eigenvalue weighted by Crippen LogP contribution is 2.44. The molecule has 2 nitrogen and oxygen atoms in total. The Hall–Kier alpha value is -0.0800. The summed E-state index contributed by atoms with van der Waals surface area (Å²) in [7, 11) is 0. The van der Waals surface area contributed by atoms with Crippen molar-refractivity contribution in [2.45, 2.75) is 33.2 Å². The second kappa shape index (κ2) is 3.11. The first kappa shape index (κ1) is 9.01. The Morgan fingerprint density at radius 3 is 2.45 bits per heavy atom. The predicted octanol–water partition coefficient (Wildman–Crippen LogP) is 1.00. The molecule has 11 heavy (non-hydrogen) atoms. The van der Waals surface area contributed by atoms with Crippen molar-refractivity contribution in [1.29, 1.82) is 0 Å². The second-order valence-electron chi connectivity index (χ2n) is 4.49. The van der Waals surface area contributed by atoms with Crippen LogP contribution >= 0.6 is 0 Å². The van der Waals surface area contributed by atoms with E-state index in [0.29, 0.717) is 11.5 Å². The third kappa shape index (κ3) is 2.46. The molecular formula is C9H19NO. The summed E-state index contributed by atoms with van der Waals surface area (Å²) in [5.74, 6) is 0.814. The van der Waals surface area contributed by atoms with Crippen LogP contribution in [-0.2, 0) is 0 Å². The number of aliphatic hydroxyl groups is 1. The summed E-state index contributed by atoms with van der Waals surface area (Å²) in [6.07, 6.45) is 1.28. The van der Waals surface area contributed by atoms with Crippen molar-refractivity contribution in [3.8, 4) is 0 Å². The van der Waals surface area contributed by atoms with Crippen molar-refractivity contribution >= 4 is 0 Å². The molecule has 0 heterocycles. The number of hydrogen-bond acceptors (Lipinski definition) is 2. The minimum absolute atomic E-state index is 0.257. The van der Waals surface area contributed by atoms with Crippen LogP contribution in [-0.4, -0.2) is 24.3 Å². The molecule has 0 aromatic heterocycles. The minimum Gasteiger partial charge on any atom is -0.395 e. The van der Waals surface area contributed by atoms with Crippen LogP contribution in [0.25, 0.3) is 0 Å². The zero-order chi connectivity index (χ0) is 8.48. The average Bonchev–Trinajstić information content (AvgIpc) is 2.60. The van der Waals surface area contributed by atoms with Gasteiger partial charge in [-0.2, -0.15) is 0 Å². The van der Waals surface area contributed by atoms with Gasteiger partial charge in [0.1, 0.15) is 0 Å². The van der Waals surface area contributed by atoms with Gasteiger partial charge in [0.25, 0.3) is 0 Å². The fraction of sp³-hybridized carbons (Fsp3) is 1.00. The molecule has 1 saturated carbocycles. The van der Waals surface area contributed by atoms with Gasteiger partial charge in [0.2, 0.25) is 0 Å². The Morgan fingerprint density at radius 2 is 2.09 bits per heavy atom. The maximum Gasteiger partial charge on any atom is 0.0556 e. The van der Waals surface area contributed by atoms with Crippen molar-refractivity contribution in [3.05, 3.63) is 0 Å². The van der Waals surface area contributed by atoms with Gasteiger partial charge in [0.15, 0.2) is 0 Å². The van der Waals surface area contributed by atoms with Crippen molar-refractivity contribution in [3.63, 3.8) is 0 Å². The van der Waals surface area contributed by atoms with Crippen LogP contribution < -0.4 is 5.32 Å². The van der Waals surface area contributed by atoms with Crippen LogP contribution in [0.1, 0.15) is 27.2 Å². The summed E-state index contributed by atoms with van der Waals surface area (Å²) in [5, 5.41) is 11.9. The second-order valence-corrected chi connectivity index (χ2v) is 4.49. The highest BCUT2D eigenvalue weighted by atomic mass is 16.3. The van der Waals surface area contributed by atoms with Gasteiger partial charge in [0.05, 0.1) is 6.61 Å². The molecule has 0 saturated heterocycles. The summed E-state index contributed by atoms with van der Waals surface area (Å²) in [4.78, 5) is 0. The molecule has 1 aliphatic rings. The quantitative estimate of drug-likeness (QED) is 0.640. The first-order chi connectivity index (χ1) is 5.05. The summed E-state index contributed by atoms with van der Waals surface area (Å²) >= 11 is 0. The minimum atomic E-state index is 0.257. The monoisotopic (exact) mass is 157 g/mol. The Labute approximate surface area is 69.0 Å². The number of hydrogen-bond donors (Lipinski definition) is 2. The molecule has 2 unspecified atom stereocenters.